The minimum atomic E-state index is -3.87. The molecule has 0 aliphatic rings. The van der Waals surface area contributed by atoms with Crippen molar-refractivity contribution >= 4 is 69.9 Å². The maximum Gasteiger partial charge on any atom is 0.250 e. The van der Waals surface area contributed by atoms with Gasteiger partial charge in [0.1, 0.15) is 10.3 Å². The number of aryl methyl sites for hydroxylation is 1. The van der Waals surface area contributed by atoms with Crippen molar-refractivity contribution < 1.29 is 13.2 Å². The summed E-state index contributed by atoms with van der Waals surface area (Å²) in [6.07, 6.45) is 0.211. The van der Waals surface area contributed by atoms with E-state index in [4.69, 9.17) is 0 Å². The van der Waals surface area contributed by atoms with E-state index in [2.05, 4.69) is 31.0 Å². The van der Waals surface area contributed by atoms with Gasteiger partial charge in [-0.25, -0.2) is 13.4 Å². The first-order chi connectivity index (χ1) is 14.8. The highest BCUT2D eigenvalue weighted by atomic mass is 79.9. The highest BCUT2D eigenvalue weighted by molar-refractivity contribution is 9.11. The topological polar surface area (TPSA) is 88.2 Å². The first kappa shape index (κ1) is 22.1. The number of anilines is 1. The number of nitrogens with one attached hydrogen (secondary N) is 2. The summed E-state index contributed by atoms with van der Waals surface area (Å²) in [6.45, 7) is 1.99. The quantitative estimate of drug-likeness (QED) is 0.350. The first-order valence-corrected chi connectivity index (χ1v) is 13.2. The molecule has 0 fully saturated rings. The van der Waals surface area contributed by atoms with Gasteiger partial charge in [-0.15, -0.1) is 11.3 Å². The second-order valence-corrected chi connectivity index (χ2v) is 12.3. The van der Waals surface area contributed by atoms with Crippen molar-refractivity contribution in [3.63, 3.8) is 0 Å². The molecular formula is C21H18BrN3O3S3. The average Bonchev–Trinajstić information content (AvgIpc) is 3.34. The third kappa shape index (κ3) is 5.39. The number of thiophene rings is 1. The van der Waals surface area contributed by atoms with Crippen LogP contribution in [0.5, 0.6) is 0 Å². The summed E-state index contributed by atoms with van der Waals surface area (Å²) in [5, 5.41) is 3.22. The molecule has 2 N–H and O–H groups in total. The van der Waals surface area contributed by atoms with Crippen molar-refractivity contribution in [3.8, 4) is 0 Å². The van der Waals surface area contributed by atoms with E-state index in [1.54, 1.807) is 6.07 Å². The number of benzene rings is 2. The monoisotopic (exact) mass is 535 g/mol. The van der Waals surface area contributed by atoms with Crippen LogP contribution in [0.4, 0.5) is 5.13 Å². The second-order valence-electron chi connectivity index (χ2n) is 6.90. The van der Waals surface area contributed by atoms with Gasteiger partial charge in [-0.1, -0.05) is 47.7 Å². The Morgan fingerprint density at radius 3 is 2.58 bits per heavy atom. The smallest absolute Gasteiger partial charge is 0.250 e. The highest BCUT2D eigenvalue weighted by Crippen LogP contribution is 2.28. The Morgan fingerprint density at radius 2 is 1.87 bits per heavy atom. The summed E-state index contributed by atoms with van der Waals surface area (Å²) in [7, 11) is -3.87. The van der Waals surface area contributed by atoms with Gasteiger partial charge < -0.3 is 5.32 Å². The molecule has 0 radical (unpaired) electrons. The number of fused-ring (bicyclic) bond motifs is 1. The van der Waals surface area contributed by atoms with Gasteiger partial charge in [-0.2, -0.15) is 4.72 Å². The van der Waals surface area contributed by atoms with Gasteiger partial charge in [-0.05, 0) is 64.7 Å². The zero-order valence-corrected chi connectivity index (χ0v) is 20.4. The number of halogens is 1. The van der Waals surface area contributed by atoms with Crippen LogP contribution in [0.2, 0.25) is 0 Å². The molecule has 1 atom stereocenters. The van der Waals surface area contributed by atoms with Crippen LogP contribution in [0.1, 0.15) is 11.1 Å². The molecular weight excluding hydrogens is 518 g/mol. The SMILES string of the molecule is Cc1ccc2nc(NC(=O)[C@@H](Cc3ccccc3)NS(=O)(=O)c3ccc(Br)s3)sc2c1. The van der Waals surface area contributed by atoms with Crippen LogP contribution in [0.3, 0.4) is 0 Å². The van der Waals surface area contributed by atoms with Crippen molar-refractivity contribution in [1.82, 2.24) is 9.71 Å². The van der Waals surface area contributed by atoms with Gasteiger partial charge in [0.2, 0.25) is 5.91 Å². The zero-order chi connectivity index (χ0) is 22.0. The molecule has 0 spiro atoms. The predicted molar refractivity (Wildman–Crippen MR) is 129 cm³/mol. The molecule has 31 heavy (non-hydrogen) atoms. The van der Waals surface area contributed by atoms with Gasteiger partial charge >= 0.3 is 0 Å². The van der Waals surface area contributed by atoms with Gasteiger partial charge in [0, 0.05) is 0 Å². The Balaban J connectivity index is 1.59. The van der Waals surface area contributed by atoms with E-state index in [9.17, 15) is 13.2 Å². The third-order valence-corrected chi connectivity index (χ3v) is 9.00. The molecule has 1 amide bonds. The molecule has 4 aromatic rings. The predicted octanol–water partition coefficient (Wildman–Crippen LogP) is 4.96. The lowest BCUT2D eigenvalue weighted by molar-refractivity contribution is -0.117. The number of thiazole rings is 1. The van der Waals surface area contributed by atoms with Crippen LogP contribution in [0.15, 0.2) is 68.7 Å². The Bertz CT molecular complexity index is 1330. The Kier molecular flexibility index (Phi) is 6.54. The Labute approximate surface area is 196 Å². The summed E-state index contributed by atoms with van der Waals surface area (Å²) in [5.74, 6) is -0.459. The molecule has 2 heterocycles. The van der Waals surface area contributed by atoms with Gasteiger partial charge in [0.15, 0.2) is 5.13 Å². The molecule has 0 saturated heterocycles. The minimum Gasteiger partial charge on any atom is -0.301 e. The molecule has 10 heteroatoms. The number of amides is 1. The summed E-state index contributed by atoms with van der Waals surface area (Å²) >= 11 is 5.72. The van der Waals surface area contributed by atoms with Crippen molar-refractivity contribution in [1.29, 1.82) is 0 Å². The number of hydrogen-bond acceptors (Lipinski definition) is 6. The fraction of sp³-hybridized carbons (Fsp3) is 0.143. The normalized spacial score (nSPS) is 12.7. The standard InChI is InChI=1S/C21H18BrN3O3S3/c1-13-7-8-15-17(11-13)29-21(23-15)24-20(26)16(12-14-5-3-2-4-6-14)25-31(27,28)19-10-9-18(22)30-19/h2-11,16,25H,12H2,1H3,(H,23,24,26)/t16-/m1/s1. The van der Waals surface area contributed by atoms with Crippen molar-refractivity contribution in [2.75, 3.05) is 5.32 Å². The van der Waals surface area contributed by atoms with E-state index in [-0.39, 0.29) is 10.6 Å². The number of nitrogens with zero attached hydrogens (tertiary/aromatic N) is 1. The molecule has 6 nitrogen and oxygen atoms in total. The van der Waals surface area contributed by atoms with Gasteiger partial charge in [0.05, 0.1) is 14.0 Å². The van der Waals surface area contributed by atoms with Crippen LogP contribution in [-0.2, 0) is 21.2 Å². The van der Waals surface area contributed by atoms with Crippen LogP contribution < -0.4 is 10.0 Å². The van der Waals surface area contributed by atoms with Crippen LogP contribution in [0.25, 0.3) is 10.2 Å². The molecule has 4 rings (SSSR count). The van der Waals surface area contributed by atoms with Gasteiger partial charge in [-0.3, -0.25) is 4.79 Å². The van der Waals surface area contributed by atoms with E-state index in [1.807, 2.05) is 55.5 Å². The number of aromatic nitrogens is 1. The van der Waals surface area contributed by atoms with Crippen molar-refractivity contribution in [2.24, 2.45) is 0 Å². The molecule has 0 aliphatic carbocycles. The highest BCUT2D eigenvalue weighted by Gasteiger charge is 2.28. The minimum absolute atomic E-state index is 0.140. The largest absolute Gasteiger partial charge is 0.301 e. The number of sulfonamides is 1. The molecule has 0 bridgehead atoms. The number of hydrogen-bond donors (Lipinski definition) is 2. The van der Waals surface area contributed by atoms with E-state index in [1.165, 1.54) is 17.4 Å². The molecule has 0 aliphatic heterocycles. The molecule has 2 aromatic heterocycles. The Morgan fingerprint density at radius 1 is 1.10 bits per heavy atom. The molecule has 160 valence electrons. The fourth-order valence-electron chi connectivity index (χ4n) is 3.00. The van der Waals surface area contributed by atoms with Gasteiger partial charge in [0.25, 0.3) is 10.0 Å². The molecule has 0 unspecified atom stereocenters. The average molecular weight is 536 g/mol. The fourth-order valence-corrected chi connectivity index (χ4v) is 7.19. The number of rotatable bonds is 7. The van der Waals surface area contributed by atoms with E-state index in [0.717, 1.165) is 32.7 Å². The van der Waals surface area contributed by atoms with Crippen LogP contribution in [-0.4, -0.2) is 25.4 Å². The zero-order valence-electron chi connectivity index (χ0n) is 16.3. The summed E-state index contributed by atoms with van der Waals surface area (Å²) < 4.78 is 30.1. The molecule has 0 saturated carbocycles. The summed E-state index contributed by atoms with van der Waals surface area (Å²) in [5.41, 5.74) is 2.73. The van der Waals surface area contributed by atoms with Crippen molar-refractivity contribution in [2.45, 2.75) is 23.6 Å². The van der Waals surface area contributed by atoms with Crippen LogP contribution >= 0.6 is 38.6 Å². The van der Waals surface area contributed by atoms with Crippen molar-refractivity contribution in [3.05, 3.63) is 75.6 Å². The number of carbonyl (C=O) groups excluding carboxylic acids is 1. The van der Waals surface area contributed by atoms with E-state index in [0.29, 0.717) is 8.92 Å². The van der Waals surface area contributed by atoms with E-state index < -0.39 is 22.0 Å². The lowest BCUT2D eigenvalue weighted by Crippen LogP contribution is -2.45. The van der Waals surface area contributed by atoms with Crippen LogP contribution in [0, 0.1) is 6.92 Å². The lowest BCUT2D eigenvalue weighted by Gasteiger charge is -2.17. The summed E-state index contributed by atoms with van der Waals surface area (Å²) in [4.78, 5) is 17.5. The maximum atomic E-state index is 13.1. The second kappa shape index (κ2) is 9.17. The summed E-state index contributed by atoms with van der Waals surface area (Å²) in [6, 6.07) is 17.3. The lowest BCUT2D eigenvalue weighted by atomic mass is 10.1. The Hall–Kier alpha value is -2.11. The maximum absolute atomic E-state index is 13.1. The first-order valence-electron chi connectivity index (χ1n) is 9.30. The third-order valence-electron chi connectivity index (χ3n) is 4.48. The molecule has 2 aromatic carbocycles. The van der Waals surface area contributed by atoms with E-state index >= 15 is 0 Å². The number of carbonyl (C=O) groups is 1.